The zero-order valence-electron chi connectivity index (χ0n) is 13.3. The number of benzene rings is 2. The number of rotatable bonds is 5. The molecule has 2 aromatic carbocycles. The van der Waals surface area contributed by atoms with Crippen LogP contribution in [0, 0.1) is 10.1 Å². The van der Waals surface area contributed by atoms with E-state index in [-0.39, 0.29) is 11.3 Å². The summed E-state index contributed by atoms with van der Waals surface area (Å²) in [4.78, 5) is 22.1. The van der Waals surface area contributed by atoms with E-state index in [1.165, 1.54) is 30.5 Å². The molecule has 0 unspecified atom stereocenters. The maximum atomic E-state index is 12.0. The molecule has 3 aromatic rings. The quantitative estimate of drug-likeness (QED) is 0.412. The number of carbonyl (C=O) groups excluding carboxylic acids is 1. The Kier molecular flexibility index (Phi) is 5.09. The summed E-state index contributed by atoms with van der Waals surface area (Å²) in [6.45, 7) is 0. The molecule has 0 aliphatic heterocycles. The van der Waals surface area contributed by atoms with Gasteiger partial charge in [-0.1, -0.05) is 17.7 Å². The molecule has 0 bridgehead atoms. The first-order valence-electron chi connectivity index (χ1n) is 7.46. The molecule has 1 aromatic heterocycles. The summed E-state index contributed by atoms with van der Waals surface area (Å²) >= 11 is 5.85. The van der Waals surface area contributed by atoms with Crippen molar-refractivity contribution in [2.75, 3.05) is 0 Å². The molecule has 7 nitrogen and oxygen atoms in total. The van der Waals surface area contributed by atoms with Crippen LogP contribution in [0.2, 0.25) is 5.02 Å². The first kappa shape index (κ1) is 17.4. The van der Waals surface area contributed by atoms with Crippen molar-refractivity contribution in [3.63, 3.8) is 0 Å². The van der Waals surface area contributed by atoms with Crippen LogP contribution >= 0.6 is 11.6 Å². The van der Waals surface area contributed by atoms with E-state index < -0.39 is 10.8 Å². The van der Waals surface area contributed by atoms with E-state index in [1.807, 2.05) is 12.1 Å². The standard InChI is InChI=1S/C18H12ClN3O4/c19-14-6-4-12(5-7-14)17-9-8-16(26-17)11-20-21-18(23)13-2-1-3-15(10-13)22(24)25/h1-11H,(H,21,23). The number of hydrazone groups is 1. The number of nitrogens with one attached hydrogen (secondary N) is 1. The predicted molar refractivity (Wildman–Crippen MR) is 97.3 cm³/mol. The van der Waals surface area contributed by atoms with Crippen LogP contribution in [-0.2, 0) is 0 Å². The average Bonchev–Trinajstić information content (AvgIpc) is 3.11. The molecule has 3 rings (SSSR count). The summed E-state index contributed by atoms with van der Waals surface area (Å²) in [5.74, 6) is 0.511. The van der Waals surface area contributed by atoms with Gasteiger partial charge in [0.15, 0.2) is 0 Å². The minimum atomic E-state index is -0.568. The first-order valence-corrected chi connectivity index (χ1v) is 7.84. The fraction of sp³-hybridized carbons (Fsp3) is 0. The molecular weight excluding hydrogens is 358 g/mol. The average molecular weight is 370 g/mol. The van der Waals surface area contributed by atoms with E-state index >= 15 is 0 Å². The maximum absolute atomic E-state index is 12.0. The molecule has 1 N–H and O–H groups in total. The number of nitrogens with zero attached hydrogens (tertiary/aromatic N) is 2. The molecule has 0 atom stereocenters. The van der Waals surface area contributed by atoms with E-state index in [4.69, 9.17) is 16.0 Å². The highest BCUT2D eigenvalue weighted by Gasteiger charge is 2.10. The van der Waals surface area contributed by atoms with Gasteiger partial charge >= 0.3 is 0 Å². The van der Waals surface area contributed by atoms with E-state index in [1.54, 1.807) is 24.3 Å². The Labute approximate surface area is 153 Å². The lowest BCUT2D eigenvalue weighted by Crippen LogP contribution is -2.17. The van der Waals surface area contributed by atoms with Gasteiger partial charge in [-0.05, 0) is 42.5 Å². The topological polar surface area (TPSA) is 97.7 Å². The van der Waals surface area contributed by atoms with Crippen LogP contribution in [0.4, 0.5) is 5.69 Å². The zero-order valence-corrected chi connectivity index (χ0v) is 14.0. The van der Waals surface area contributed by atoms with Gasteiger partial charge in [0.25, 0.3) is 11.6 Å². The SMILES string of the molecule is O=C(NN=Cc1ccc(-c2ccc(Cl)cc2)o1)c1cccc([N+](=O)[O-])c1. The van der Waals surface area contributed by atoms with Gasteiger partial charge in [0.2, 0.25) is 0 Å². The molecule has 0 fully saturated rings. The third-order valence-electron chi connectivity index (χ3n) is 3.43. The fourth-order valence-electron chi connectivity index (χ4n) is 2.17. The normalized spacial score (nSPS) is 10.8. The number of halogens is 1. The Balaban J connectivity index is 1.65. The lowest BCUT2D eigenvalue weighted by Gasteiger charge is -1.99. The summed E-state index contributed by atoms with van der Waals surface area (Å²) in [5.41, 5.74) is 3.13. The first-order chi connectivity index (χ1) is 12.5. The van der Waals surface area contributed by atoms with E-state index in [0.717, 1.165) is 5.56 Å². The van der Waals surface area contributed by atoms with Crippen LogP contribution < -0.4 is 5.43 Å². The molecule has 1 amide bonds. The van der Waals surface area contributed by atoms with Gasteiger partial charge in [0, 0.05) is 28.3 Å². The lowest BCUT2D eigenvalue weighted by molar-refractivity contribution is -0.384. The molecule has 0 saturated carbocycles. The largest absolute Gasteiger partial charge is 0.455 e. The van der Waals surface area contributed by atoms with Gasteiger partial charge in [-0.3, -0.25) is 14.9 Å². The number of furan rings is 1. The van der Waals surface area contributed by atoms with Crippen LogP contribution in [0.1, 0.15) is 16.1 Å². The summed E-state index contributed by atoms with van der Waals surface area (Å²) in [7, 11) is 0. The fourth-order valence-corrected chi connectivity index (χ4v) is 2.30. The van der Waals surface area contributed by atoms with Crippen molar-refractivity contribution in [3.05, 3.63) is 87.1 Å². The Morgan fingerprint density at radius 1 is 1.15 bits per heavy atom. The molecule has 0 radical (unpaired) electrons. The minimum Gasteiger partial charge on any atom is -0.455 e. The number of hydrogen-bond donors (Lipinski definition) is 1. The second-order valence-electron chi connectivity index (χ2n) is 5.22. The smallest absolute Gasteiger partial charge is 0.271 e. The Hall–Kier alpha value is -3.45. The Morgan fingerprint density at radius 2 is 1.92 bits per heavy atom. The highest BCUT2D eigenvalue weighted by molar-refractivity contribution is 6.30. The molecular formula is C18H12ClN3O4. The second-order valence-corrected chi connectivity index (χ2v) is 5.65. The summed E-state index contributed by atoms with van der Waals surface area (Å²) in [6, 6.07) is 16.0. The number of amides is 1. The van der Waals surface area contributed by atoms with Gasteiger partial charge in [-0.15, -0.1) is 0 Å². The predicted octanol–water partition coefficient (Wildman–Crippen LogP) is 4.27. The van der Waals surface area contributed by atoms with E-state index in [2.05, 4.69) is 10.5 Å². The van der Waals surface area contributed by atoms with Crippen LogP contribution in [-0.4, -0.2) is 17.0 Å². The van der Waals surface area contributed by atoms with Crippen molar-refractivity contribution in [1.82, 2.24) is 5.43 Å². The summed E-state index contributed by atoms with van der Waals surface area (Å²) in [5, 5.41) is 15.2. The molecule has 0 saturated heterocycles. The van der Waals surface area contributed by atoms with Crippen LogP contribution in [0.5, 0.6) is 0 Å². The summed E-state index contributed by atoms with van der Waals surface area (Å²) < 4.78 is 5.61. The zero-order chi connectivity index (χ0) is 18.5. The molecule has 0 aliphatic carbocycles. The molecule has 26 heavy (non-hydrogen) atoms. The second kappa shape index (κ2) is 7.62. The maximum Gasteiger partial charge on any atom is 0.271 e. The number of nitro groups is 1. The highest BCUT2D eigenvalue weighted by atomic mass is 35.5. The van der Waals surface area contributed by atoms with Gasteiger partial charge in [0.1, 0.15) is 11.5 Å². The number of hydrogen-bond acceptors (Lipinski definition) is 5. The third-order valence-corrected chi connectivity index (χ3v) is 3.68. The molecule has 0 aliphatic rings. The number of nitro benzene ring substituents is 1. The van der Waals surface area contributed by atoms with Gasteiger partial charge < -0.3 is 4.42 Å². The number of non-ortho nitro benzene ring substituents is 1. The van der Waals surface area contributed by atoms with E-state index in [0.29, 0.717) is 16.5 Å². The van der Waals surface area contributed by atoms with Crippen molar-refractivity contribution in [1.29, 1.82) is 0 Å². The minimum absolute atomic E-state index is 0.137. The van der Waals surface area contributed by atoms with Gasteiger partial charge in [-0.2, -0.15) is 5.10 Å². The summed E-state index contributed by atoms with van der Waals surface area (Å²) in [6.07, 6.45) is 1.34. The van der Waals surface area contributed by atoms with Crippen LogP contribution in [0.25, 0.3) is 11.3 Å². The van der Waals surface area contributed by atoms with Gasteiger partial charge in [0.05, 0.1) is 11.1 Å². The molecule has 130 valence electrons. The van der Waals surface area contributed by atoms with Crippen molar-refractivity contribution in [2.24, 2.45) is 5.10 Å². The third kappa shape index (κ3) is 4.14. The van der Waals surface area contributed by atoms with Crippen LogP contribution in [0.15, 0.2) is 70.2 Å². The van der Waals surface area contributed by atoms with Crippen LogP contribution in [0.3, 0.4) is 0 Å². The Bertz CT molecular complexity index is 980. The number of carbonyl (C=O) groups is 1. The van der Waals surface area contributed by atoms with Crippen molar-refractivity contribution in [2.45, 2.75) is 0 Å². The van der Waals surface area contributed by atoms with Gasteiger partial charge in [-0.25, -0.2) is 5.43 Å². The Morgan fingerprint density at radius 3 is 2.65 bits per heavy atom. The van der Waals surface area contributed by atoms with Crippen molar-refractivity contribution >= 4 is 29.4 Å². The lowest BCUT2D eigenvalue weighted by atomic mass is 10.2. The molecule has 8 heteroatoms. The highest BCUT2D eigenvalue weighted by Crippen LogP contribution is 2.23. The van der Waals surface area contributed by atoms with Crippen molar-refractivity contribution in [3.8, 4) is 11.3 Å². The van der Waals surface area contributed by atoms with E-state index in [9.17, 15) is 14.9 Å². The molecule has 0 spiro atoms. The molecule has 1 heterocycles. The van der Waals surface area contributed by atoms with Crippen molar-refractivity contribution < 1.29 is 14.1 Å². The monoisotopic (exact) mass is 369 g/mol.